The highest BCUT2D eigenvalue weighted by Crippen LogP contribution is 2.15. The van der Waals surface area contributed by atoms with Crippen molar-refractivity contribution in [3.8, 4) is 5.75 Å². The van der Waals surface area contributed by atoms with Crippen molar-refractivity contribution in [2.24, 2.45) is 11.7 Å². The Morgan fingerprint density at radius 2 is 2.14 bits per heavy atom. The monoisotopic (exact) mass is 196 g/mol. The van der Waals surface area contributed by atoms with Gasteiger partial charge in [-0.15, -0.1) is 0 Å². The Morgan fingerprint density at radius 1 is 1.50 bits per heavy atom. The van der Waals surface area contributed by atoms with Gasteiger partial charge in [0, 0.05) is 24.0 Å². The molecule has 1 atom stereocenters. The molecule has 0 saturated carbocycles. The lowest BCUT2D eigenvalue weighted by molar-refractivity contribution is 0.407. The molecule has 0 fully saturated rings. The van der Waals surface area contributed by atoms with Gasteiger partial charge in [0.15, 0.2) is 5.75 Å². The SMILES string of the molecule is COc1c[nH]c([C@@H](N)C(C)C)cc1=O. The van der Waals surface area contributed by atoms with Crippen LogP contribution >= 0.6 is 0 Å². The normalized spacial score (nSPS) is 12.9. The van der Waals surface area contributed by atoms with Gasteiger partial charge in [0.1, 0.15) is 0 Å². The van der Waals surface area contributed by atoms with Crippen molar-refractivity contribution in [1.82, 2.24) is 4.98 Å². The molecule has 0 saturated heterocycles. The van der Waals surface area contributed by atoms with Gasteiger partial charge in [-0.05, 0) is 5.92 Å². The molecule has 0 bridgehead atoms. The zero-order valence-electron chi connectivity index (χ0n) is 8.70. The minimum atomic E-state index is -0.145. The van der Waals surface area contributed by atoms with Crippen LogP contribution in [0.3, 0.4) is 0 Å². The first-order valence-corrected chi connectivity index (χ1v) is 4.58. The second-order valence-corrected chi connectivity index (χ2v) is 3.59. The number of rotatable bonds is 3. The van der Waals surface area contributed by atoms with Crippen LogP contribution in [-0.4, -0.2) is 12.1 Å². The zero-order chi connectivity index (χ0) is 10.7. The van der Waals surface area contributed by atoms with Crippen molar-refractivity contribution in [3.63, 3.8) is 0 Å². The van der Waals surface area contributed by atoms with Crippen LogP contribution in [0, 0.1) is 5.92 Å². The zero-order valence-corrected chi connectivity index (χ0v) is 8.70. The fourth-order valence-corrected chi connectivity index (χ4v) is 1.19. The summed E-state index contributed by atoms with van der Waals surface area (Å²) >= 11 is 0. The summed E-state index contributed by atoms with van der Waals surface area (Å²) in [5.41, 5.74) is 6.49. The molecule has 78 valence electrons. The molecule has 0 unspecified atom stereocenters. The molecule has 4 heteroatoms. The molecule has 0 radical (unpaired) electrons. The van der Waals surface area contributed by atoms with Crippen molar-refractivity contribution in [2.75, 3.05) is 7.11 Å². The molecular formula is C10H16N2O2. The van der Waals surface area contributed by atoms with Gasteiger partial charge in [0.25, 0.3) is 0 Å². The van der Waals surface area contributed by atoms with Gasteiger partial charge >= 0.3 is 0 Å². The van der Waals surface area contributed by atoms with Crippen LogP contribution < -0.4 is 15.9 Å². The molecule has 0 aliphatic carbocycles. The summed E-state index contributed by atoms with van der Waals surface area (Å²) in [6, 6.07) is 1.34. The molecule has 1 aromatic heterocycles. The molecule has 1 aromatic rings. The van der Waals surface area contributed by atoms with Crippen molar-refractivity contribution >= 4 is 0 Å². The molecule has 14 heavy (non-hydrogen) atoms. The van der Waals surface area contributed by atoms with E-state index in [1.807, 2.05) is 13.8 Å². The highest BCUT2D eigenvalue weighted by Gasteiger charge is 2.12. The number of H-pyrrole nitrogens is 1. The van der Waals surface area contributed by atoms with Crippen molar-refractivity contribution in [1.29, 1.82) is 0 Å². The second-order valence-electron chi connectivity index (χ2n) is 3.59. The average Bonchev–Trinajstić information content (AvgIpc) is 2.16. The Morgan fingerprint density at radius 3 is 2.57 bits per heavy atom. The minimum absolute atomic E-state index is 0.141. The summed E-state index contributed by atoms with van der Waals surface area (Å²) in [7, 11) is 1.46. The smallest absolute Gasteiger partial charge is 0.223 e. The van der Waals surface area contributed by atoms with Crippen molar-refractivity contribution in [2.45, 2.75) is 19.9 Å². The van der Waals surface area contributed by atoms with Crippen LogP contribution in [0.5, 0.6) is 5.75 Å². The van der Waals surface area contributed by atoms with Crippen LogP contribution in [0.15, 0.2) is 17.1 Å². The van der Waals surface area contributed by atoms with E-state index in [0.29, 0.717) is 11.7 Å². The molecule has 0 spiro atoms. The van der Waals surface area contributed by atoms with E-state index in [9.17, 15) is 4.79 Å². The number of hydrogen-bond donors (Lipinski definition) is 2. The van der Waals surface area contributed by atoms with Crippen molar-refractivity contribution in [3.05, 3.63) is 28.2 Å². The van der Waals surface area contributed by atoms with Gasteiger partial charge < -0.3 is 15.5 Å². The highest BCUT2D eigenvalue weighted by atomic mass is 16.5. The fraction of sp³-hybridized carbons (Fsp3) is 0.500. The van der Waals surface area contributed by atoms with Crippen LogP contribution in [0.1, 0.15) is 25.6 Å². The van der Waals surface area contributed by atoms with Gasteiger partial charge in [-0.25, -0.2) is 0 Å². The van der Waals surface area contributed by atoms with E-state index in [1.165, 1.54) is 13.2 Å². The molecule has 1 heterocycles. The average molecular weight is 196 g/mol. The Bertz CT molecular complexity index is 357. The van der Waals surface area contributed by atoms with Crippen LogP contribution in [0.25, 0.3) is 0 Å². The lowest BCUT2D eigenvalue weighted by Gasteiger charge is -2.15. The van der Waals surface area contributed by atoms with E-state index in [2.05, 4.69) is 4.98 Å². The van der Waals surface area contributed by atoms with Gasteiger partial charge in [-0.3, -0.25) is 4.79 Å². The summed E-state index contributed by atoms with van der Waals surface area (Å²) in [4.78, 5) is 14.4. The summed E-state index contributed by atoms with van der Waals surface area (Å²) in [6.07, 6.45) is 1.54. The lowest BCUT2D eigenvalue weighted by Crippen LogP contribution is -2.20. The maximum Gasteiger partial charge on any atom is 0.223 e. The maximum atomic E-state index is 11.4. The van der Waals surface area contributed by atoms with Crippen LogP contribution in [0.4, 0.5) is 0 Å². The van der Waals surface area contributed by atoms with Gasteiger partial charge in [0.2, 0.25) is 5.43 Å². The first-order valence-electron chi connectivity index (χ1n) is 4.58. The Balaban J connectivity index is 3.03. The summed E-state index contributed by atoms with van der Waals surface area (Å²) in [5.74, 6) is 0.601. The van der Waals surface area contributed by atoms with Gasteiger partial charge in [-0.2, -0.15) is 0 Å². The number of hydrogen-bond acceptors (Lipinski definition) is 3. The standard InChI is InChI=1S/C10H16N2O2/c1-6(2)10(11)7-4-8(13)9(14-3)5-12-7/h4-6,10H,11H2,1-3H3,(H,12,13)/t10-/m0/s1. The summed E-state index contributed by atoms with van der Waals surface area (Å²) in [6.45, 7) is 4.01. The van der Waals surface area contributed by atoms with E-state index < -0.39 is 0 Å². The minimum Gasteiger partial charge on any atom is -0.491 e. The highest BCUT2D eigenvalue weighted by molar-refractivity contribution is 5.21. The number of aromatic amines is 1. The first kappa shape index (κ1) is 10.8. The molecule has 3 N–H and O–H groups in total. The third kappa shape index (κ3) is 2.14. The maximum absolute atomic E-state index is 11.4. The van der Waals surface area contributed by atoms with Gasteiger partial charge in [-0.1, -0.05) is 13.8 Å². The predicted octanol–water partition coefficient (Wildman–Crippen LogP) is 1.04. The number of nitrogens with two attached hydrogens (primary N) is 1. The lowest BCUT2D eigenvalue weighted by atomic mass is 10.0. The first-order chi connectivity index (χ1) is 6.56. The second kappa shape index (κ2) is 4.28. The van der Waals surface area contributed by atoms with E-state index in [1.54, 1.807) is 6.20 Å². The van der Waals surface area contributed by atoms with E-state index in [-0.39, 0.29) is 11.5 Å². The predicted molar refractivity (Wildman–Crippen MR) is 55.4 cm³/mol. The molecule has 4 nitrogen and oxygen atoms in total. The quantitative estimate of drug-likeness (QED) is 0.759. The number of pyridine rings is 1. The fourth-order valence-electron chi connectivity index (χ4n) is 1.19. The summed E-state index contributed by atoms with van der Waals surface area (Å²) in [5, 5.41) is 0. The topological polar surface area (TPSA) is 68.1 Å². The number of methoxy groups -OCH3 is 1. The third-order valence-electron chi connectivity index (χ3n) is 2.20. The number of ether oxygens (including phenoxy) is 1. The number of aromatic nitrogens is 1. The molecule has 0 aliphatic heterocycles. The molecular weight excluding hydrogens is 180 g/mol. The molecule has 0 aliphatic rings. The molecule has 0 amide bonds. The largest absolute Gasteiger partial charge is 0.491 e. The Kier molecular flexibility index (Phi) is 3.30. The van der Waals surface area contributed by atoms with Gasteiger partial charge in [0.05, 0.1) is 7.11 Å². The van der Waals surface area contributed by atoms with Crippen LogP contribution in [0.2, 0.25) is 0 Å². The molecule has 0 aromatic carbocycles. The number of nitrogens with one attached hydrogen (secondary N) is 1. The van der Waals surface area contributed by atoms with E-state index in [4.69, 9.17) is 10.5 Å². The Labute approximate surface area is 83.1 Å². The van der Waals surface area contributed by atoms with E-state index in [0.717, 1.165) is 5.69 Å². The molecule has 1 rings (SSSR count). The van der Waals surface area contributed by atoms with E-state index >= 15 is 0 Å². The Hall–Kier alpha value is -1.29. The van der Waals surface area contributed by atoms with Crippen LogP contribution in [-0.2, 0) is 0 Å². The van der Waals surface area contributed by atoms with Crippen molar-refractivity contribution < 1.29 is 4.74 Å². The third-order valence-corrected chi connectivity index (χ3v) is 2.20. The summed E-state index contributed by atoms with van der Waals surface area (Å²) < 4.78 is 4.86.